The summed E-state index contributed by atoms with van der Waals surface area (Å²) in [6.07, 6.45) is 6.76. The molecule has 1 aliphatic heterocycles. The van der Waals surface area contributed by atoms with E-state index in [1.165, 1.54) is 11.1 Å². The number of aryl methyl sites for hydroxylation is 2. The van der Waals surface area contributed by atoms with Gasteiger partial charge < -0.3 is 4.57 Å². The van der Waals surface area contributed by atoms with Gasteiger partial charge in [-0.05, 0) is 67.5 Å². The standard InChI is InChI=1S/C28H30N4O3S/c1-20-14-26-22(17-29-32(26)23-8-11-27(33)30(2)18-23)15-25(20)28(16-21-6-4-3-5-7-21)12-13-31(19-28)36(34,35)24-9-10-24/h3-8,11,14-15,17-18,24H,9-10,12-13,16,19H2,1-2H3. The first-order valence-corrected chi connectivity index (χ1v) is 14.0. The zero-order chi connectivity index (χ0) is 25.1. The predicted octanol–water partition coefficient (Wildman–Crippen LogP) is 3.71. The highest BCUT2D eigenvalue weighted by Gasteiger charge is 2.48. The van der Waals surface area contributed by atoms with Crippen LogP contribution in [0.3, 0.4) is 0 Å². The number of pyridine rings is 1. The molecule has 7 nitrogen and oxygen atoms in total. The van der Waals surface area contributed by atoms with Crippen molar-refractivity contribution in [2.45, 2.75) is 43.3 Å². The maximum absolute atomic E-state index is 13.2. The Morgan fingerprint density at radius 3 is 2.58 bits per heavy atom. The zero-order valence-electron chi connectivity index (χ0n) is 20.6. The largest absolute Gasteiger partial charge is 0.316 e. The molecule has 36 heavy (non-hydrogen) atoms. The van der Waals surface area contributed by atoms with E-state index in [9.17, 15) is 13.2 Å². The Labute approximate surface area is 211 Å². The summed E-state index contributed by atoms with van der Waals surface area (Å²) in [6, 6.07) is 18.0. The molecule has 1 atom stereocenters. The first kappa shape index (κ1) is 23.2. The van der Waals surface area contributed by atoms with Crippen LogP contribution < -0.4 is 5.56 Å². The van der Waals surface area contributed by atoms with Crippen LogP contribution in [0.1, 0.15) is 36.0 Å². The molecule has 1 unspecified atom stereocenters. The quantitative estimate of drug-likeness (QED) is 0.403. The summed E-state index contributed by atoms with van der Waals surface area (Å²) < 4.78 is 31.5. The third kappa shape index (κ3) is 3.89. The maximum Gasteiger partial charge on any atom is 0.250 e. The lowest BCUT2D eigenvalue weighted by Crippen LogP contribution is -2.38. The van der Waals surface area contributed by atoms with Gasteiger partial charge in [-0.3, -0.25) is 4.79 Å². The van der Waals surface area contributed by atoms with Gasteiger partial charge >= 0.3 is 0 Å². The highest BCUT2D eigenvalue weighted by molar-refractivity contribution is 7.90. The normalized spacial score (nSPS) is 20.8. The summed E-state index contributed by atoms with van der Waals surface area (Å²) in [5, 5.41) is 5.43. The molecule has 0 amide bonds. The summed E-state index contributed by atoms with van der Waals surface area (Å²) in [7, 11) is -1.51. The van der Waals surface area contributed by atoms with Crippen LogP contribution >= 0.6 is 0 Å². The van der Waals surface area contributed by atoms with Gasteiger partial charge in [0.2, 0.25) is 15.6 Å². The Morgan fingerprint density at radius 2 is 1.86 bits per heavy atom. The van der Waals surface area contributed by atoms with Crippen LogP contribution in [0.4, 0.5) is 0 Å². The molecule has 2 aliphatic rings. The number of sulfonamides is 1. The first-order valence-electron chi connectivity index (χ1n) is 12.5. The molecule has 0 spiro atoms. The fourth-order valence-corrected chi connectivity index (χ4v) is 7.66. The second kappa shape index (κ2) is 8.42. The molecule has 1 saturated carbocycles. The number of benzene rings is 2. The van der Waals surface area contributed by atoms with E-state index in [2.05, 4.69) is 36.3 Å². The van der Waals surface area contributed by atoms with Crippen LogP contribution in [0.25, 0.3) is 16.6 Å². The van der Waals surface area contributed by atoms with Gasteiger partial charge in [-0.1, -0.05) is 30.3 Å². The molecule has 0 radical (unpaired) electrons. The maximum atomic E-state index is 13.2. The lowest BCUT2D eigenvalue weighted by Gasteiger charge is -2.32. The minimum atomic E-state index is -3.24. The molecular weight excluding hydrogens is 472 g/mol. The Morgan fingerprint density at radius 1 is 1.08 bits per heavy atom. The summed E-state index contributed by atoms with van der Waals surface area (Å²) in [5.41, 5.74) is 4.93. The van der Waals surface area contributed by atoms with Gasteiger partial charge in [-0.15, -0.1) is 0 Å². The topological polar surface area (TPSA) is 77.2 Å². The lowest BCUT2D eigenvalue weighted by atomic mass is 9.73. The number of hydrogen-bond acceptors (Lipinski definition) is 4. The molecule has 8 heteroatoms. The third-order valence-corrected chi connectivity index (χ3v) is 10.2. The average Bonchev–Trinajstić information content (AvgIpc) is 3.53. The second-order valence-corrected chi connectivity index (χ2v) is 12.6. The van der Waals surface area contributed by atoms with Crippen molar-refractivity contribution < 1.29 is 8.42 Å². The Balaban J connectivity index is 1.45. The predicted molar refractivity (Wildman–Crippen MR) is 141 cm³/mol. The highest BCUT2D eigenvalue weighted by Crippen LogP contribution is 2.44. The van der Waals surface area contributed by atoms with Gasteiger partial charge in [0.25, 0.3) is 0 Å². The molecule has 3 heterocycles. The molecule has 6 rings (SSSR count). The fraction of sp³-hybridized carbons (Fsp3) is 0.357. The highest BCUT2D eigenvalue weighted by atomic mass is 32.2. The number of aromatic nitrogens is 3. The van der Waals surface area contributed by atoms with E-state index < -0.39 is 10.0 Å². The minimum Gasteiger partial charge on any atom is -0.316 e. The third-order valence-electron chi connectivity index (χ3n) is 7.81. The van der Waals surface area contributed by atoms with Crippen molar-refractivity contribution in [2.75, 3.05) is 13.1 Å². The van der Waals surface area contributed by atoms with Crippen molar-refractivity contribution in [3.63, 3.8) is 0 Å². The van der Waals surface area contributed by atoms with Gasteiger partial charge in [0.15, 0.2) is 0 Å². The van der Waals surface area contributed by atoms with Gasteiger partial charge in [0.1, 0.15) is 0 Å². The molecule has 2 fully saturated rings. The monoisotopic (exact) mass is 502 g/mol. The molecule has 2 aromatic heterocycles. The van der Waals surface area contributed by atoms with E-state index in [0.29, 0.717) is 13.1 Å². The van der Waals surface area contributed by atoms with Gasteiger partial charge in [-0.2, -0.15) is 5.10 Å². The summed E-state index contributed by atoms with van der Waals surface area (Å²) in [4.78, 5) is 11.9. The summed E-state index contributed by atoms with van der Waals surface area (Å²) in [6.45, 7) is 3.17. The van der Waals surface area contributed by atoms with Crippen LogP contribution in [0.2, 0.25) is 0 Å². The van der Waals surface area contributed by atoms with Gasteiger partial charge in [0, 0.05) is 43.2 Å². The molecule has 1 saturated heterocycles. The Kier molecular flexibility index (Phi) is 5.42. The molecule has 186 valence electrons. The summed E-state index contributed by atoms with van der Waals surface area (Å²) >= 11 is 0. The van der Waals surface area contributed by atoms with Crippen molar-refractivity contribution in [3.8, 4) is 5.69 Å². The van der Waals surface area contributed by atoms with E-state index in [4.69, 9.17) is 0 Å². The molecular formula is C28H30N4O3S. The fourth-order valence-electron chi connectivity index (χ4n) is 5.73. The van der Waals surface area contributed by atoms with E-state index in [0.717, 1.165) is 47.8 Å². The Hall–Kier alpha value is -3.23. The van der Waals surface area contributed by atoms with Gasteiger partial charge in [0.05, 0.1) is 22.7 Å². The molecule has 0 bridgehead atoms. The minimum absolute atomic E-state index is 0.0662. The van der Waals surface area contributed by atoms with Crippen LogP contribution in [-0.2, 0) is 28.9 Å². The van der Waals surface area contributed by atoms with Crippen molar-refractivity contribution in [1.82, 2.24) is 18.7 Å². The molecule has 2 aromatic carbocycles. The molecule has 4 aromatic rings. The van der Waals surface area contributed by atoms with Crippen LogP contribution in [0, 0.1) is 6.92 Å². The van der Waals surface area contributed by atoms with Crippen LogP contribution in [0.15, 0.2) is 71.8 Å². The Bertz CT molecular complexity index is 1620. The van der Waals surface area contributed by atoms with E-state index >= 15 is 0 Å². The van der Waals surface area contributed by atoms with Crippen molar-refractivity contribution in [3.05, 3.63) is 94.0 Å². The molecule has 0 N–H and O–H groups in total. The second-order valence-electron chi connectivity index (χ2n) is 10.4. The smallest absolute Gasteiger partial charge is 0.250 e. The molecule has 1 aliphatic carbocycles. The van der Waals surface area contributed by atoms with Crippen LogP contribution in [0.5, 0.6) is 0 Å². The number of nitrogens with zero attached hydrogens (tertiary/aromatic N) is 4. The summed E-state index contributed by atoms with van der Waals surface area (Å²) in [5.74, 6) is 0. The number of rotatable bonds is 6. The van der Waals surface area contributed by atoms with Crippen molar-refractivity contribution in [1.29, 1.82) is 0 Å². The van der Waals surface area contributed by atoms with Crippen molar-refractivity contribution >= 4 is 20.9 Å². The number of fused-ring (bicyclic) bond motifs is 1. The lowest BCUT2D eigenvalue weighted by molar-refractivity contribution is 0.413. The SMILES string of the molecule is Cc1cc2c(cnn2-c2ccc(=O)n(C)c2)cc1C1(Cc2ccccc2)CCN(S(=O)(=O)C2CC2)C1. The van der Waals surface area contributed by atoms with E-state index in [-0.39, 0.29) is 16.2 Å². The first-order chi connectivity index (χ1) is 17.3. The zero-order valence-corrected chi connectivity index (χ0v) is 21.4. The van der Waals surface area contributed by atoms with Gasteiger partial charge in [-0.25, -0.2) is 17.4 Å². The number of hydrogen-bond donors (Lipinski definition) is 0. The van der Waals surface area contributed by atoms with E-state index in [1.54, 1.807) is 34.2 Å². The average molecular weight is 503 g/mol. The van der Waals surface area contributed by atoms with E-state index in [1.807, 2.05) is 29.1 Å². The van der Waals surface area contributed by atoms with Crippen LogP contribution in [-0.4, -0.2) is 45.4 Å². The van der Waals surface area contributed by atoms with Crippen molar-refractivity contribution in [2.24, 2.45) is 7.05 Å².